The van der Waals surface area contributed by atoms with Crippen LogP contribution in [0, 0.1) is 0 Å². The lowest BCUT2D eigenvalue weighted by molar-refractivity contribution is 0.662. The van der Waals surface area contributed by atoms with E-state index in [0.29, 0.717) is 0 Å². The summed E-state index contributed by atoms with van der Waals surface area (Å²) >= 11 is 1.71. The molecule has 1 aliphatic rings. The van der Waals surface area contributed by atoms with Gasteiger partial charge in [0.15, 0.2) is 0 Å². The monoisotopic (exact) mass is 466 g/mol. The van der Waals surface area contributed by atoms with Crippen LogP contribution in [0.2, 0.25) is 0 Å². The topological polar surface area (TPSA) is 17.8 Å². The third-order valence-electron chi connectivity index (χ3n) is 7.91. The Bertz CT molecular complexity index is 1990. The largest absolute Gasteiger partial charge is 0.308 e. The first-order valence-corrected chi connectivity index (χ1v) is 12.9. The van der Waals surface area contributed by atoms with Gasteiger partial charge in [-0.15, -0.1) is 11.3 Å². The molecule has 0 radical (unpaired) electrons. The molecule has 0 spiro atoms. The number of nitrogens with zero attached hydrogens (tertiary/aromatic N) is 2. The van der Waals surface area contributed by atoms with E-state index in [2.05, 4.69) is 114 Å². The molecule has 5 aromatic carbocycles. The maximum atomic E-state index is 4.59. The smallest absolute Gasteiger partial charge is 0.0833 e. The summed E-state index contributed by atoms with van der Waals surface area (Å²) in [6.45, 7) is 4.74. The van der Waals surface area contributed by atoms with Crippen molar-refractivity contribution >= 4 is 54.1 Å². The SMILES string of the molecule is CC1(C)c2cc3ccccc3cc2-c2cc3c(cc21)c1ccccc1n3-c1cccc2ncsc12. The molecule has 0 aliphatic heterocycles. The van der Waals surface area contributed by atoms with Gasteiger partial charge < -0.3 is 4.57 Å². The standard InChI is InChI=1S/C32H22N2S/c1-32(2)25-15-20-9-4-3-8-19(20)14-22(25)23-17-30-24(16-26(23)32)21-10-5-6-12-28(21)34(30)29-13-7-11-27-31(29)35-18-33-27/h3-18H,1-2H3. The van der Waals surface area contributed by atoms with E-state index in [9.17, 15) is 0 Å². The molecule has 2 nitrogen and oxygen atoms in total. The first kappa shape index (κ1) is 19.4. The first-order chi connectivity index (χ1) is 17.1. The van der Waals surface area contributed by atoms with Crippen molar-refractivity contribution in [3.8, 4) is 16.8 Å². The first-order valence-electron chi connectivity index (χ1n) is 12.1. The minimum absolute atomic E-state index is 0.0518. The van der Waals surface area contributed by atoms with Gasteiger partial charge in [-0.25, -0.2) is 4.98 Å². The Kier molecular flexibility index (Phi) is 3.64. The second kappa shape index (κ2) is 6.59. The van der Waals surface area contributed by atoms with E-state index in [1.807, 2.05) is 5.51 Å². The number of thiazole rings is 1. The van der Waals surface area contributed by atoms with Crippen molar-refractivity contribution in [2.24, 2.45) is 0 Å². The van der Waals surface area contributed by atoms with E-state index >= 15 is 0 Å². The lowest BCUT2D eigenvalue weighted by atomic mass is 9.81. The van der Waals surface area contributed by atoms with Crippen molar-refractivity contribution < 1.29 is 0 Å². The van der Waals surface area contributed by atoms with E-state index in [4.69, 9.17) is 0 Å². The summed E-state index contributed by atoms with van der Waals surface area (Å²) in [5.41, 5.74) is 12.2. The average Bonchev–Trinajstić information content (AvgIpc) is 3.54. The van der Waals surface area contributed by atoms with Crippen LogP contribution in [-0.2, 0) is 5.41 Å². The van der Waals surface area contributed by atoms with E-state index in [-0.39, 0.29) is 5.41 Å². The molecule has 0 bridgehead atoms. The molecule has 0 amide bonds. The zero-order valence-electron chi connectivity index (χ0n) is 19.5. The fraction of sp³-hybridized carbons (Fsp3) is 0.0938. The highest BCUT2D eigenvalue weighted by molar-refractivity contribution is 7.17. The highest BCUT2D eigenvalue weighted by Gasteiger charge is 2.36. The quantitative estimate of drug-likeness (QED) is 0.236. The van der Waals surface area contributed by atoms with Crippen LogP contribution in [0.3, 0.4) is 0 Å². The summed E-state index contributed by atoms with van der Waals surface area (Å²) in [4.78, 5) is 4.59. The zero-order valence-corrected chi connectivity index (χ0v) is 20.4. The van der Waals surface area contributed by atoms with Crippen molar-refractivity contribution in [2.45, 2.75) is 19.3 Å². The summed E-state index contributed by atoms with van der Waals surface area (Å²) in [6.07, 6.45) is 0. The number of para-hydroxylation sites is 1. The molecule has 2 aromatic heterocycles. The lowest BCUT2D eigenvalue weighted by Crippen LogP contribution is -2.14. The summed E-state index contributed by atoms with van der Waals surface area (Å²) < 4.78 is 3.67. The van der Waals surface area contributed by atoms with Gasteiger partial charge in [0.1, 0.15) is 0 Å². The molecule has 0 unspecified atom stereocenters. The van der Waals surface area contributed by atoms with Crippen LogP contribution in [0.25, 0.3) is 59.6 Å². The minimum Gasteiger partial charge on any atom is -0.308 e. The van der Waals surface area contributed by atoms with Crippen LogP contribution in [0.4, 0.5) is 0 Å². The van der Waals surface area contributed by atoms with Crippen LogP contribution in [0.1, 0.15) is 25.0 Å². The summed E-state index contributed by atoms with van der Waals surface area (Å²) in [7, 11) is 0. The minimum atomic E-state index is -0.0518. The van der Waals surface area contributed by atoms with E-state index in [1.165, 1.54) is 65.2 Å². The van der Waals surface area contributed by atoms with Gasteiger partial charge in [-0.3, -0.25) is 0 Å². The molecule has 7 aromatic rings. The second-order valence-electron chi connectivity index (χ2n) is 10.1. The van der Waals surface area contributed by atoms with Gasteiger partial charge in [-0.05, 0) is 75.5 Å². The van der Waals surface area contributed by atoms with Gasteiger partial charge in [0.25, 0.3) is 0 Å². The average molecular weight is 467 g/mol. The van der Waals surface area contributed by atoms with Crippen molar-refractivity contribution in [3.05, 3.63) is 108 Å². The number of hydrogen-bond donors (Lipinski definition) is 0. The normalized spacial score (nSPS) is 14.2. The molecular weight excluding hydrogens is 444 g/mol. The number of rotatable bonds is 1. The molecule has 0 fully saturated rings. The van der Waals surface area contributed by atoms with Crippen LogP contribution < -0.4 is 0 Å². The van der Waals surface area contributed by atoms with Crippen molar-refractivity contribution in [2.75, 3.05) is 0 Å². The molecule has 8 rings (SSSR count). The number of benzene rings is 5. The Hall–Kier alpha value is -3.95. The fourth-order valence-electron chi connectivity index (χ4n) is 6.19. The molecule has 0 atom stereocenters. The van der Waals surface area contributed by atoms with Crippen molar-refractivity contribution in [1.29, 1.82) is 0 Å². The van der Waals surface area contributed by atoms with Gasteiger partial charge in [-0.2, -0.15) is 0 Å². The fourth-order valence-corrected chi connectivity index (χ4v) is 6.98. The maximum Gasteiger partial charge on any atom is 0.0833 e. The highest BCUT2D eigenvalue weighted by Crippen LogP contribution is 2.52. The van der Waals surface area contributed by atoms with Crippen LogP contribution in [-0.4, -0.2) is 9.55 Å². The third kappa shape index (κ3) is 2.46. The Labute approximate surface area is 207 Å². The molecular formula is C32H22N2S. The molecule has 166 valence electrons. The Morgan fingerprint density at radius 2 is 1.43 bits per heavy atom. The van der Waals surface area contributed by atoms with Gasteiger partial charge in [0, 0.05) is 16.2 Å². The Morgan fingerprint density at radius 3 is 2.31 bits per heavy atom. The maximum absolute atomic E-state index is 4.59. The second-order valence-corrected chi connectivity index (χ2v) is 11.0. The zero-order chi connectivity index (χ0) is 23.3. The summed E-state index contributed by atoms with van der Waals surface area (Å²) in [5.74, 6) is 0. The summed E-state index contributed by atoms with van der Waals surface area (Å²) in [5, 5.41) is 5.21. The number of aromatic nitrogens is 2. The molecule has 3 heteroatoms. The summed E-state index contributed by atoms with van der Waals surface area (Å²) in [6, 6.07) is 33.6. The van der Waals surface area contributed by atoms with Gasteiger partial charge in [-0.1, -0.05) is 62.4 Å². The van der Waals surface area contributed by atoms with Gasteiger partial charge >= 0.3 is 0 Å². The van der Waals surface area contributed by atoms with Crippen LogP contribution in [0.15, 0.2) is 96.5 Å². The molecule has 0 N–H and O–H groups in total. The number of fused-ring (bicyclic) bond motifs is 8. The predicted molar refractivity (Wildman–Crippen MR) is 149 cm³/mol. The molecule has 1 aliphatic carbocycles. The highest BCUT2D eigenvalue weighted by atomic mass is 32.1. The van der Waals surface area contributed by atoms with Gasteiger partial charge in [0.2, 0.25) is 0 Å². The molecule has 35 heavy (non-hydrogen) atoms. The molecule has 2 heterocycles. The number of hydrogen-bond acceptors (Lipinski definition) is 2. The molecule has 0 saturated heterocycles. The molecule has 0 saturated carbocycles. The van der Waals surface area contributed by atoms with E-state index < -0.39 is 0 Å². The third-order valence-corrected chi connectivity index (χ3v) is 8.78. The van der Waals surface area contributed by atoms with E-state index in [1.54, 1.807) is 11.3 Å². The Morgan fingerprint density at radius 1 is 0.686 bits per heavy atom. The van der Waals surface area contributed by atoms with Crippen molar-refractivity contribution in [1.82, 2.24) is 9.55 Å². The van der Waals surface area contributed by atoms with Gasteiger partial charge in [0.05, 0.1) is 32.4 Å². The van der Waals surface area contributed by atoms with Crippen molar-refractivity contribution in [3.63, 3.8) is 0 Å². The van der Waals surface area contributed by atoms with E-state index in [0.717, 1.165) is 5.52 Å². The van der Waals surface area contributed by atoms with Crippen LogP contribution >= 0.6 is 11.3 Å². The predicted octanol–water partition coefficient (Wildman–Crippen LogP) is 8.85. The Balaban J connectivity index is 1.53. The van der Waals surface area contributed by atoms with Crippen LogP contribution in [0.5, 0.6) is 0 Å². The lowest BCUT2D eigenvalue weighted by Gasteiger charge is -2.22.